The number of thiophene rings is 1. The molecular weight excluding hydrogens is 252 g/mol. The number of nitrogens with one attached hydrogen (secondary N) is 1. The van der Waals surface area contributed by atoms with E-state index in [9.17, 15) is 4.79 Å². The SMILES string of the molecule is COc1c(NC2CCN(C)C2)sc(C(N)=O)c1N. The number of carbonyl (C=O) groups excluding carboxylic acids is 1. The van der Waals surface area contributed by atoms with Gasteiger partial charge in [0.15, 0.2) is 5.75 Å². The van der Waals surface area contributed by atoms with Gasteiger partial charge in [0.05, 0.1) is 7.11 Å². The van der Waals surface area contributed by atoms with Gasteiger partial charge in [0, 0.05) is 12.6 Å². The summed E-state index contributed by atoms with van der Waals surface area (Å²) in [4.78, 5) is 13.8. The Kier molecular flexibility index (Phi) is 3.63. The van der Waals surface area contributed by atoms with Gasteiger partial charge in [0.2, 0.25) is 0 Å². The van der Waals surface area contributed by atoms with Crippen molar-refractivity contribution in [3.63, 3.8) is 0 Å². The summed E-state index contributed by atoms with van der Waals surface area (Å²) < 4.78 is 5.25. The Labute approximate surface area is 110 Å². The number of ether oxygens (including phenoxy) is 1. The molecule has 0 saturated carbocycles. The number of hydrogen-bond donors (Lipinski definition) is 3. The highest BCUT2D eigenvalue weighted by Gasteiger charge is 2.25. The van der Waals surface area contributed by atoms with Gasteiger partial charge in [0.1, 0.15) is 15.6 Å². The van der Waals surface area contributed by atoms with Crippen LogP contribution in [-0.2, 0) is 0 Å². The molecule has 2 heterocycles. The van der Waals surface area contributed by atoms with E-state index < -0.39 is 5.91 Å². The molecule has 1 amide bonds. The Bertz CT molecular complexity index is 460. The molecule has 1 unspecified atom stereocenters. The first kappa shape index (κ1) is 13.0. The van der Waals surface area contributed by atoms with Gasteiger partial charge in [-0.1, -0.05) is 0 Å². The molecule has 7 heteroatoms. The molecule has 100 valence electrons. The minimum absolute atomic E-state index is 0.323. The smallest absolute Gasteiger partial charge is 0.261 e. The number of nitrogens with zero attached hydrogens (tertiary/aromatic N) is 1. The lowest BCUT2D eigenvalue weighted by Gasteiger charge is -2.13. The van der Waals surface area contributed by atoms with Crippen molar-refractivity contribution in [3.05, 3.63) is 4.88 Å². The molecular formula is C11H18N4O2S. The van der Waals surface area contributed by atoms with E-state index in [-0.39, 0.29) is 0 Å². The van der Waals surface area contributed by atoms with Crippen LogP contribution in [-0.4, -0.2) is 44.1 Å². The van der Waals surface area contributed by atoms with E-state index in [2.05, 4.69) is 17.3 Å². The molecule has 1 fully saturated rings. The van der Waals surface area contributed by atoms with Gasteiger partial charge in [-0.25, -0.2) is 0 Å². The summed E-state index contributed by atoms with van der Waals surface area (Å²) in [7, 11) is 3.62. The predicted molar refractivity (Wildman–Crippen MR) is 73.3 cm³/mol. The quantitative estimate of drug-likeness (QED) is 0.743. The second-order valence-corrected chi connectivity index (χ2v) is 5.48. The van der Waals surface area contributed by atoms with Crippen molar-refractivity contribution in [2.75, 3.05) is 38.3 Å². The first-order valence-electron chi connectivity index (χ1n) is 5.74. The summed E-state index contributed by atoms with van der Waals surface area (Å²) in [6.07, 6.45) is 1.06. The topological polar surface area (TPSA) is 93.6 Å². The lowest BCUT2D eigenvalue weighted by atomic mass is 10.2. The summed E-state index contributed by atoms with van der Waals surface area (Å²) in [5.74, 6) is -0.00394. The van der Waals surface area contributed by atoms with Crippen LogP contribution in [0.3, 0.4) is 0 Å². The number of hydrogen-bond acceptors (Lipinski definition) is 6. The number of nitrogen functional groups attached to an aromatic ring is 1. The van der Waals surface area contributed by atoms with Gasteiger partial charge in [0.25, 0.3) is 5.91 Å². The summed E-state index contributed by atoms with van der Waals surface area (Å²) in [5.41, 5.74) is 11.5. The maximum Gasteiger partial charge on any atom is 0.261 e. The van der Waals surface area contributed by atoms with Crippen molar-refractivity contribution in [1.82, 2.24) is 4.90 Å². The molecule has 0 bridgehead atoms. The number of primary amides is 1. The van der Waals surface area contributed by atoms with Crippen LogP contribution in [0.2, 0.25) is 0 Å². The van der Waals surface area contributed by atoms with E-state index in [1.54, 1.807) is 0 Å². The maximum atomic E-state index is 11.3. The minimum atomic E-state index is -0.521. The number of likely N-dealkylation sites (N-methyl/N-ethyl adjacent to an activating group) is 1. The van der Waals surface area contributed by atoms with Crippen LogP contribution in [0.15, 0.2) is 0 Å². The monoisotopic (exact) mass is 270 g/mol. The Morgan fingerprint density at radius 3 is 2.83 bits per heavy atom. The van der Waals surface area contributed by atoms with Crippen LogP contribution in [0.1, 0.15) is 16.1 Å². The van der Waals surface area contributed by atoms with E-state index >= 15 is 0 Å². The highest BCUT2D eigenvalue weighted by molar-refractivity contribution is 7.19. The molecule has 0 spiro atoms. The van der Waals surface area contributed by atoms with Crippen LogP contribution in [0, 0.1) is 0 Å². The average Bonchev–Trinajstić information content (AvgIpc) is 2.84. The van der Waals surface area contributed by atoms with E-state index in [1.165, 1.54) is 18.4 Å². The van der Waals surface area contributed by atoms with Crippen molar-refractivity contribution in [2.45, 2.75) is 12.5 Å². The van der Waals surface area contributed by atoms with Gasteiger partial charge in [-0.3, -0.25) is 4.79 Å². The standard InChI is InChI=1S/C11H18N4O2S/c1-15-4-3-6(5-15)14-11-8(17-2)7(12)9(18-11)10(13)16/h6,14H,3-5,12H2,1-2H3,(H2,13,16). The number of carbonyl (C=O) groups is 1. The Hall–Kier alpha value is -1.47. The molecule has 1 aromatic rings. The lowest BCUT2D eigenvalue weighted by molar-refractivity contribution is 0.100. The van der Waals surface area contributed by atoms with Crippen LogP contribution in [0.25, 0.3) is 0 Å². The fourth-order valence-corrected chi connectivity index (χ4v) is 3.17. The lowest BCUT2D eigenvalue weighted by Crippen LogP contribution is -2.23. The maximum absolute atomic E-state index is 11.3. The molecule has 1 atom stereocenters. The third kappa shape index (κ3) is 2.37. The zero-order chi connectivity index (χ0) is 13.3. The number of methoxy groups -OCH3 is 1. The van der Waals surface area contributed by atoms with Crippen LogP contribution in [0.5, 0.6) is 5.75 Å². The molecule has 1 saturated heterocycles. The van der Waals surface area contributed by atoms with Gasteiger partial charge < -0.3 is 26.4 Å². The van der Waals surface area contributed by atoms with Gasteiger partial charge in [-0.2, -0.15) is 0 Å². The number of rotatable bonds is 4. The first-order valence-corrected chi connectivity index (χ1v) is 6.55. The first-order chi connectivity index (χ1) is 8.52. The summed E-state index contributed by atoms with van der Waals surface area (Å²) in [5, 5.41) is 4.15. The van der Waals surface area contributed by atoms with Crippen molar-refractivity contribution < 1.29 is 9.53 Å². The summed E-state index contributed by atoms with van der Waals surface area (Å²) >= 11 is 1.25. The molecule has 1 aliphatic rings. The molecule has 2 rings (SSSR count). The fourth-order valence-electron chi connectivity index (χ4n) is 2.15. The second-order valence-electron chi connectivity index (χ2n) is 4.46. The highest BCUT2D eigenvalue weighted by atomic mass is 32.1. The van der Waals surface area contributed by atoms with Crippen LogP contribution < -0.4 is 21.5 Å². The molecule has 18 heavy (non-hydrogen) atoms. The highest BCUT2D eigenvalue weighted by Crippen LogP contribution is 2.42. The Morgan fingerprint density at radius 1 is 1.61 bits per heavy atom. The van der Waals surface area contributed by atoms with Gasteiger partial charge >= 0.3 is 0 Å². The third-order valence-corrected chi connectivity index (χ3v) is 4.19. The van der Waals surface area contributed by atoms with E-state index in [0.717, 1.165) is 24.5 Å². The molecule has 5 N–H and O–H groups in total. The van der Waals surface area contributed by atoms with Gasteiger partial charge in [-0.15, -0.1) is 11.3 Å². The third-order valence-electron chi connectivity index (χ3n) is 3.05. The average molecular weight is 270 g/mol. The number of anilines is 2. The molecule has 0 aromatic carbocycles. The van der Waals surface area contributed by atoms with Crippen LogP contribution in [0.4, 0.5) is 10.7 Å². The molecule has 0 aliphatic carbocycles. The second kappa shape index (κ2) is 5.03. The van der Waals surface area contributed by atoms with E-state index in [0.29, 0.717) is 22.4 Å². The van der Waals surface area contributed by atoms with Crippen molar-refractivity contribution in [3.8, 4) is 5.75 Å². The summed E-state index contributed by atoms with van der Waals surface area (Å²) in [6, 6.07) is 0.350. The molecule has 1 aliphatic heterocycles. The van der Waals surface area contributed by atoms with Crippen molar-refractivity contribution in [2.24, 2.45) is 5.73 Å². The van der Waals surface area contributed by atoms with Crippen molar-refractivity contribution in [1.29, 1.82) is 0 Å². The number of amides is 1. The number of nitrogens with two attached hydrogens (primary N) is 2. The fraction of sp³-hybridized carbons (Fsp3) is 0.545. The largest absolute Gasteiger partial charge is 0.492 e. The van der Waals surface area contributed by atoms with E-state index in [4.69, 9.17) is 16.2 Å². The Balaban J connectivity index is 2.21. The zero-order valence-corrected chi connectivity index (χ0v) is 11.3. The van der Waals surface area contributed by atoms with Gasteiger partial charge in [-0.05, 0) is 20.0 Å². The number of likely N-dealkylation sites (tertiary alicyclic amines) is 1. The normalized spacial score (nSPS) is 20.0. The van der Waals surface area contributed by atoms with Crippen molar-refractivity contribution >= 4 is 27.9 Å². The molecule has 0 radical (unpaired) electrons. The summed E-state index contributed by atoms with van der Waals surface area (Å²) in [6.45, 7) is 2.02. The van der Waals surface area contributed by atoms with Crippen LogP contribution >= 0.6 is 11.3 Å². The Morgan fingerprint density at radius 2 is 2.33 bits per heavy atom. The van der Waals surface area contributed by atoms with E-state index in [1.807, 2.05) is 0 Å². The minimum Gasteiger partial charge on any atom is -0.492 e. The predicted octanol–water partition coefficient (Wildman–Crippen LogP) is 0.554. The zero-order valence-electron chi connectivity index (χ0n) is 10.5. The molecule has 1 aromatic heterocycles. The molecule has 6 nitrogen and oxygen atoms in total.